The summed E-state index contributed by atoms with van der Waals surface area (Å²) in [6, 6.07) is 8.83. The first-order valence-corrected chi connectivity index (χ1v) is 16.5. The van der Waals surface area contributed by atoms with Crippen molar-refractivity contribution in [1.29, 1.82) is 0 Å². The fourth-order valence-corrected chi connectivity index (χ4v) is 5.40. The summed E-state index contributed by atoms with van der Waals surface area (Å²) in [5.41, 5.74) is -3.53. The van der Waals surface area contributed by atoms with E-state index in [-0.39, 0.29) is 36.6 Å². The van der Waals surface area contributed by atoms with Gasteiger partial charge in [0.05, 0.1) is 25.6 Å². The molecular weight excluding hydrogens is 677 g/mol. The Hall–Kier alpha value is -4.21. The van der Waals surface area contributed by atoms with Crippen molar-refractivity contribution >= 4 is 52.5 Å². The number of rotatable bonds is 10. The number of Topliss-reactive ketones (excluding diaryl/α,β-unsaturated/α-hetero) is 1. The number of carbonyl (C=O) groups excluding carboxylic acids is 4. The molecule has 0 radical (unpaired) electrons. The van der Waals surface area contributed by atoms with Crippen LogP contribution in [0.1, 0.15) is 74.1 Å². The number of imide groups is 1. The van der Waals surface area contributed by atoms with Gasteiger partial charge in [-0.05, 0) is 72.6 Å². The van der Waals surface area contributed by atoms with Gasteiger partial charge >= 0.3 is 18.2 Å². The molecule has 0 aliphatic carbocycles. The number of alkyl halides is 1. The molecule has 0 saturated carbocycles. The monoisotopic (exact) mass is 719 g/mol. The number of benzene rings is 1. The standard InChI is InChI=1S/C34H43ClFN5O9/c1-10-46-28(43)34(20(3)42,16-21-14-12-11-13-15-21)47-17-22-19(2)23(36)27(48-22)40-18-37-24-25(40)38-29(35)39-26(24)41(30(44)49-32(4,5)6)31(45)50-33(7,8)9/h11-15,18-19,22-23,27H,10,16-17H2,1-9H3/t19-,22-,23+,27-,34?/m1/s1. The lowest BCUT2D eigenvalue weighted by Gasteiger charge is -2.31. The van der Waals surface area contributed by atoms with Crippen LogP contribution in [0.5, 0.6) is 0 Å². The minimum absolute atomic E-state index is 0.0103. The van der Waals surface area contributed by atoms with Crippen molar-refractivity contribution in [3.8, 4) is 0 Å². The van der Waals surface area contributed by atoms with E-state index in [4.69, 9.17) is 35.3 Å². The molecule has 50 heavy (non-hydrogen) atoms. The summed E-state index contributed by atoms with van der Waals surface area (Å²) in [6.45, 7) is 13.8. The molecule has 2 aromatic heterocycles. The third kappa shape index (κ3) is 8.56. The van der Waals surface area contributed by atoms with E-state index in [1.54, 1.807) is 85.7 Å². The second-order valence-corrected chi connectivity index (χ2v) is 14.2. The molecule has 1 aliphatic heterocycles. The third-order valence-electron chi connectivity index (χ3n) is 7.65. The maximum absolute atomic E-state index is 16.1. The van der Waals surface area contributed by atoms with Gasteiger partial charge in [-0.2, -0.15) is 14.9 Å². The lowest BCUT2D eigenvalue weighted by molar-refractivity contribution is -0.182. The van der Waals surface area contributed by atoms with Crippen molar-refractivity contribution in [3.05, 3.63) is 47.5 Å². The average Bonchev–Trinajstić information content (AvgIpc) is 3.53. The van der Waals surface area contributed by atoms with E-state index in [1.807, 2.05) is 0 Å². The van der Waals surface area contributed by atoms with Crippen LogP contribution < -0.4 is 4.90 Å². The van der Waals surface area contributed by atoms with Gasteiger partial charge in [-0.1, -0.05) is 37.3 Å². The van der Waals surface area contributed by atoms with Crippen LogP contribution in [0.3, 0.4) is 0 Å². The van der Waals surface area contributed by atoms with Crippen LogP contribution in [-0.2, 0) is 39.7 Å². The molecule has 2 amide bonds. The van der Waals surface area contributed by atoms with Gasteiger partial charge < -0.3 is 23.7 Å². The Bertz CT molecular complexity index is 1700. The summed E-state index contributed by atoms with van der Waals surface area (Å²) in [7, 11) is 0. The predicted octanol–water partition coefficient (Wildman–Crippen LogP) is 6.18. The molecule has 1 aliphatic rings. The largest absolute Gasteiger partial charge is 0.463 e. The van der Waals surface area contributed by atoms with Crippen LogP contribution in [0.4, 0.5) is 19.8 Å². The first-order valence-electron chi connectivity index (χ1n) is 16.1. The van der Waals surface area contributed by atoms with Crippen molar-refractivity contribution in [2.75, 3.05) is 18.1 Å². The maximum Gasteiger partial charge on any atom is 0.425 e. The zero-order valence-electron chi connectivity index (χ0n) is 29.6. The number of esters is 1. The Labute approximate surface area is 294 Å². The van der Waals surface area contributed by atoms with Gasteiger partial charge in [-0.25, -0.2) is 23.8 Å². The molecule has 16 heteroatoms. The fraction of sp³-hybridized carbons (Fsp3) is 0.559. The summed E-state index contributed by atoms with van der Waals surface area (Å²) in [5, 5.41) is -0.394. The molecule has 1 saturated heterocycles. The Morgan fingerprint density at radius 3 is 2.14 bits per heavy atom. The van der Waals surface area contributed by atoms with Crippen molar-refractivity contribution in [2.24, 2.45) is 5.92 Å². The number of hydrogen-bond donors (Lipinski definition) is 0. The second-order valence-electron chi connectivity index (χ2n) is 13.9. The Kier molecular flexibility index (Phi) is 11.5. The molecule has 0 bridgehead atoms. The highest BCUT2D eigenvalue weighted by molar-refractivity contribution is 6.29. The minimum atomic E-state index is -2.01. The van der Waals surface area contributed by atoms with Crippen molar-refractivity contribution in [1.82, 2.24) is 19.5 Å². The Balaban J connectivity index is 1.69. The summed E-state index contributed by atoms with van der Waals surface area (Å²) in [4.78, 5) is 66.2. The Morgan fingerprint density at radius 2 is 1.60 bits per heavy atom. The predicted molar refractivity (Wildman–Crippen MR) is 179 cm³/mol. The lowest BCUT2D eigenvalue weighted by Crippen LogP contribution is -2.52. The van der Waals surface area contributed by atoms with E-state index < -0.39 is 70.4 Å². The molecule has 4 rings (SSSR count). The molecule has 3 heterocycles. The summed E-state index contributed by atoms with van der Waals surface area (Å²) >= 11 is 6.30. The van der Waals surface area contributed by atoms with Crippen LogP contribution in [0.15, 0.2) is 36.7 Å². The smallest absolute Gasteiger partial charge is 0.425 e. The first kappa shape index (κ1) is 38.6. The summed E-state index contributed by atoms with van der Waals surface area (Å²) in [5.74, 6) is -2.62. The molecule has 1 unspecified atom stereocenters. The SMILES string of the molecule is CCOC(=O)C(Cc1ccccc1)(OC[C@H]1O[C@@H](n2cnc3c(N(C(=O)OC(C)(C)C)C(=O)OC(C)(C)C)nc(Cl)nc32)[C@@H](F)[C@@H]1C)C(C)=O. The number of carbonyl (C=O) groups is 4. The van der Waals surface area contributed by atoms with E-state index in [0.717, 1.165) is 0 Å². The van der Waals surface area contributed by atoms with Gasteiger partial charge in [-0.3, -0.25) is 9.36 Å². The van der Waals surface area contributed by atoms with Crippen molar-refractivity contribution in [3.63, 3.8) is 0 Å². The molecule has 5 atom stereocenters. The van der Waals surface area contributed by atoms with E-state index in [1.165, 1.54) is 17.8 Å². The van der Waals surface area contributed by atoms with E-state index in [2.05, 4.69) is 15.0 Å². The van der Waals surface area contributed by atoms with Gasteiger partial charge in [0, 0.05) is 12.3 Å². The van der Waals surface area contributed by atoms with E-state index >= 15 is 4.39 Å². The molecule has 0 spiro atoms. The minimum Gasteiger partial charge on any atom is -0.463 e. The van der Waals surface area contributed by atoms with Gasteiger partial charge in [-0.15, -0.1) is 0 Å². The van der Waals surface area contributed by atoms with E-state index in [9.17, 15) is 19.2 Å². The highest BCUT2D eigenvalue weighted by Crippen LogP contribution is 2.39. The number of imidazole rings is 1. The fourth-order valence-electron chi connectivity index (χ4n) is 5.24. The molecule has 0 N–H and O–H groups in total. The number of ether oxygens (including phenoxy) is 5. The number of aromatic nitrogens is 4. The van der Waals surface area contributed by atoms with Crippen LogP contribution in [0.2, 0.25) is 5.28 Å². The molecule has 272 valence electrons. The van der Waals surface area contributed by atoms with E-state index in [0.29, 0.717) is 10.5 Å². The van der Waals surface area contributed by atoms with Crippen LogP contribution in [0.25, 0.3) is 11.2 Å². The number of anilines is 1. The molecule has 3 aromatic rings. The van der Waals surface area contributed by atoms with Gasteiger partial charge in [0.2, 0.25) is 10.9 Å². The number of hydrogen-bond acceptors (Lipinski definition) is 12. The highest BCUT2D eigenvalue weighted by atomic mass is 35.5. The molecule has 1 fully saturated rings. The van der Waals surface area contributed by atoms with Crippen LogP contribution in [-0.4, -0.2) is 85.8 Å². The topological polar surface area (TPSA) is 161 Å². The number of fused-ring (bicyclic) bond motifs is 1. The molecule has 1 aromatic carbocycles. The Morgan fingerprint density at radius 1 is 1.00 bits per heavy atom. The number of nitrogens with zero attached hydrogens (tertiary/aromatic N) is 5. The van der Waals surface area contributed by atoms with Crippen molar-refractivity contribution < 1.29 is 47.3 Å². The van der Waals surface area contributed by atoms with Gasteiger partial charge in [0.1, 0.15) is 11.2 Å². The third-order valence-corrected chi connectivity index (χ3v) is 7.82. The summed E-state index contributed by atoms with van der Waals surface area (Å²) < 4.78 is 45.7. The molecule has 14 nitrogen and oxygen atoms in total. The average molecular weight is 720 g/mol. The zero-order valence-corrected chi connectivity index (χ0v) is 30.3. The van der Waals surface area contributed by atoms with Crippen LogP contribution >= 0.6 is 11.6 Å². The maximum atomic E-state index is 16.1. The second kappa shape index (κ2) is 15.0. The first-order chi connectivity index (χ1) is 23.3. The zero-order chi connectivity index (χ0) is 37.2. The van der Waals surface area contributed by atoms with Crippen molar-refractivity contribution in [2.45, 2.75) is 104 Å². The summed E-state index contributed by atoms with van der Waals surface area (Å²) in [6.07, 6.45) is -5.10. The number of ketones is 1. The van der Waals surface area contributed by atoms with Crippen LogP contribution in [0, 0.1) is 5.92 Å². The van der Waals surface area contributed by atoms with Gasteiger partial charge in [0.25, 0.3) is 0 Å². The van der Waals surface area contributed by atoms with Gasteiger partial charge in [0.15, 0.2) is 35.2 Å². The lowest BCUT2D eigenvalue weighted by atomic mass is 9.90. The highest BCUT2D eigenvalue weighted by Gasteiger charge is 2.50. The normalized spacial score (nSPS) is 20.6. The number of amides is 2. The molecular formula is C34H43ClFN5O9. The number of halogens is 2. The quantitative estimate of drug-likeness (QED) is 0.101.